The molecule has 0 bridgehead atoms. The van der Waals surface area contributed by atoms with Crippen LogP contribution in [0, 0.1) is 0 Å². The van der Waals surface area contributed by atoms with Gasteiger partial charge in [-0.05, 0) is 47.6 Å². The molecule has 0 saturated heterocycles. The molecule has 1 atom stereocenters. The van der Waals surface area contributed by atoms with Crippen LogP contribution >= 0.6 is 12.2 Å². The lowest BCUT2D eigenvalue weighted by molar-refractivity contribution is 0.102. The molecule has 1 unspecified atom stereocenters. The summed E-state index contributed by atoms with van der Waals surface area (Å²) < 4.78 is 5.54. The summed E-state index contributed by atoms with van der Waals surface area (Å²) in [6.45, 7) is 1.79. The molecule has 1 aromatic heterocycles. The highest BCUT2D eigenvalue weighted by Crippen LogP contribution is 2.30. The largest absolute Gasteiger partial charge is 0.422 e. The molecule has 0 spiro atoms. The van der Waals surface area contributed by atoms with Crippen LogP contribution in [0.3, 0.4) is 0 Å². The summed E-state index contributed by atoms with van der Waals surface area (Å²) in [7, 11) is 0. The number of allylic oxidation sites excluding steroid dienone is 1. The Morgan fingerprint density at radius 2 is 1.71 bits per heavy atom. The normalized spacial score (nSPS) is 16.3. The third-order valence-corrected chi connectivity index (χ3v) is 5.75. The molecule has 2 heterocycles. The van der Waals surface area contributed by atoms with Crippen LogP contribution in [0.15, 0.2) is 93.3 Å². The van der Waals surface area contributed by atoms with Crippen LogP contribution in [-0.2, 0) is 0 Å². The van der Waals surface area contributed by atoms with E-state index in [9.17, 15) is 9.59 Å². The fraction of sp³-hybridized carbons (Fsp3) is 0.0800. The summed E-state index contributed by atoms with van der Waals surface area (Å²) in [4.78, 5) is 26.5. The number of fused-ring (bicyclic) bond motifs is 3. The van der Waals surface area contributed by atoms with Gasteiger partial charge in [-0.1, -0.05) is 60.7 Å². The smallest absolute Gasteiger partial charge is 0.347 e. The summed E-state index contributed by atoms with van der Waals surface area (Å²) >= 11 is 5.31. The fourth-order valence-corrected chi connectivity index (χ4v) is 4.34. The zero-order chi connectivity index (χ0) is 21.5. The van der Waals surface area contributed by atoms with Crippen LogP contribution in [0.4, 0.5) is 0 Å². The molecular weight excluding hydrogens is 408 g/mol. The molecule has 2 N–H and O–H groups in total. The maximum Gasteiger partial charge on any atom is 0.347 e. The van der Waals surface area contributed by atoms with Crippen LogP contribution in [0.2, 0.25) is 0 Å². The maximum atomic E-state index is 13.7. The topological polar surface area (TPSA) is 71.3 Å². The Balaban J connectivity index is 1.70. The van der Waals surface area contributed by atoms with Crippen molar-refractivity contribution in [2.75, 3.05) is 0 Å². The van der Waals surface area contributed by atoms with Gasteiger partial charge in [0.05, 0.1) is 6.04 Å². The Labute approximate surface area is 183 Å². The van der Waals surface area contributed by atoms with Gasteiger partial charge in [0, 0.05) is 16.7 Å². The second-order valence-corrected chi connectivity index (χ2v) is 7.86. The first-order valence-corrected chi connectivity index (χ1v) is 10.3. The van der Waals surface area contributed by atoms with Crippen LogP contribution in [0.25, 0.3) is 21.7 Å². The number of Topliss-reactive ketones (excluding diaryl/α,β-unsaturated/α-hetero) is 1. The number of thiocarbonyl (C=S) groups is 1. The van der Waals surface area contributed by atoms with Gasteiger partial charge in [-0.3, -0.25) is 4.79 Å². The minimum Gasteiger partial charge on any atom is -0.422 e. The van der Waals surface area contributed by atoms with Gasteiger partial charge in [0.15, 0.2) is 5.11 Å². The highest BCUT2D eigenvalue weighted by Gasteiger charge is 2.32. The van der Waals surface area contributed by atoms with Crippen LogP contribution < -0.4 is 16.3 Å². The molecule has 0 aliphatic carbocycles. The average Bonchev–Trinajstić information content (AvgIpc) is 2.78. The van der Waals surface area contributed by atoms with Crippen LogP contribution in [0.5, 0.6) is 0 Å². The fourth-order valence-electron chi connectivity index (χ4n) is 4.07. The summed E-state index contributed by atoms with van der Waals surface area (Å²) in [6.07, 6.45) is 0. The SMILES string of the molecule is CC1=C(C(=O)c2cc3c(ccc4ccccc43)oc2=O)C(c2ccccc2)NC(=S)N1. The molecular formula is C25H18N2O3S. The third kappa shape index (κ3) is 3.31. The van der Waals surface area contributed by atoms with Gasteiger partial charge in [0.2, 0.25) is 5.78 Å². The molecule has 4 aromatic rings. The van der Waals surface area contributed by atoms with Crippen LogP contribution in [0.1, 0.15) is 28.9 Å². The van der Waals surface area contributed by atoms with E-state index in [0.717, 1.165) is 21.7 Å². The first-order chi connectivity index (χ1) is 15.0. The second kappa shape index (κ2) is 7.49. The van der Waals surface area contributed by atoms with Crippen molar-refractivity contribution in [3.8, 4) is 0 Å². The monoisotopic (exact) mass is 426 g/mol. The van der Waals surface area contributed by atoms with Crippen molar-refractivity contribution in [3.63, 3.8) is 0 Å². The Morgan fingerprint density at radius 1 is 0.968 bits per heavy atom. The number of carbonyl (C=O) groups is 1. The number of rotatable bonds is 3. The zero-order valence-electron chi connectivity index (χ0n) is 16.6. The van der Waals surface area contributed by atoms with E-state index in [4.69, 9.17) is 16.6 Å². The highest BCUT2D eigenvalue weighted by atomic mass is 32.1. The van der Waals surface area contributed by atoms with Crippen molar-refractivity contribution in [3.05, 3.63) is 106 Å². The molecule has 3 aromatic carbocycles. The van der Waals surface area contributed by atoms with Crippen molar-refractivity contribution < 1.29 is 9.21 Å². The van der Waals surface area contributed by atoms with E-state index in [2.05, 4.69) is 10.6 Å². The van der Waals surface area contributed by atoms with Crippen molar-refractivity contribution in [1.82, 2.24) is 10.6 Å². The molecule has 0 fully saturated rings. The third-order valence-electron chi connectivity index (χ3n) is 5.53. The van der Waals surface area contributed by atoms with Crippen molar-refractivity contribution >= 4 is 44.9 Å². The first-order valence-electron chi connectivity index (χ1n) is 9.86. The number of nitrogens with one attached hydrogen (secondary N) is 2. The molecule has 0 saturated carbocycles. The summed E-state index contributed by atoms with van der Waals surface area (Å²) in [5.74, 6) is -0.391. The number of hydrogen-bond acceptors (Lipinski definition) is 4. The van der Waals surface area contributed by atoms with E-state index in [0.29, 0.717) is 22.0 Å². The lowest BCUT2D eigenvalue weighted by Crippen LogP contribution is -2.45. The maximum absolute atomic E-state index is 13.7. The first kappa shape index (κ1) is 19.2. The van der Waals surface area contributed by atoms with E-state index in [1.165, 1.54) is 0 Å². The Hall–Kier alpha value is -3.77. The summed E-state index contributed by atoms with van der Waals surface area (Å²) in [6, 6.07) is 22.2. The minimum atomic E-state index is -0.659. The Kier molecular flexibility index (Phi) is 4.64. The van der Waals surface area contributed by atoms with Gasteiger partial charge >= 0.3 is 5.63 Å². The van der Waals surface area contributed by atoms with Gasteiger partial charge in [0.1, 0.15) is 11.1 Å². The van der Waals surface area contributed by atoms with Gasteiger partial charge in [0.25, 0.3) is 0 Å². The molecule has 152 valence electrons. The lowest BCUT2D eigenvalue weighted by Gasteiger charge is -2.30. The van der Waals surface area contributed by atoms with E-state index in [-0.39, 0.29) is 5.56 Å². The van der Waals surface area contributed by atoms with E-state index >= 15 is 0 Å². The molecule has 6 heteroatoms. The highest BCUT2D eigenvalue weighted by molar-refractivity contribution is 7.80. The van der Waals surface area contributed by atoms with Crippen LogP contribution in [-0.4, -0.2) is 10.9 Å². The molecule has 1 aliphatic rings. The predicted octanol–water partition coefficient (Wildman–Crippen LogP) is 4.62. The lowest BCUT2D eigenvalue weighted by atomic mass is 9.90. The quantitative estimate of drug-likeness (QED) is 0.216. The Morgan fingerprint density at radius 3 is 2.52 bits per heavy atom. The number of carbonyl (C=O) groups excluding carboxylic acids is 1. The van der Waals surface area contributed by atoms with E-state index in [1.807, 2.05) is 60.7 Å². The molecule has 5 nitrogen and oxygen atoms in total. The summed E-state index contributed by atoms with van der Waals surface area (Å²) in [5, 5.41) is 9.25. The van der Waals surface area contributed by atoms with Gasteiger partial charge in [-0.15, -0.1) is 0 Å². The van der Waals surface area contributed by atoms with E-state index in [1.54, 1.807) is 19.1 Å². The van der Waals surface area contributed by atoms with Crippen molar-refractivity contribution in [2.45, 2.75) is 13.0 Å². The van der Waals surface area contributed by atoms with Crippen molar-refractivity contribution in [1.29, 1.82) is 0 Å². The second-order valence-electron chi connectivity index (χ2n) is 7.46. The van der Waals surface area contributed by atoms with Gasteiger partial charge < -0.3 is 15.1 Å². The number of hydrogen-bond donors (Lipinski definition) is 2. The van der Waals surface area contributed by atoms with Gasteiger partial charge in [-0.25, -0.2) is 4.79 Å². The minimum absolute atomic E-state index is 0.00412. The molecule has 31 heavy (non-hydrogen) atoms. The molecule has 0 radical (unpaired) electrons. The molecule has 5 rings (SSSR count). The summed E-state index contributed by atoms with van der Waals surface area (Å²) in [5.41, 5.74) is 1.71. The number of benzene rings is 3. The molecule has 1 aliphatic heterocycles. The Bertz CT molecular complexity index is 1450. The standard InChI is InChI=1S/C25H18N2O3S/c1-14-21(22(27-25(31)26-14)16-8-3-2-4-9-16)23(28)19-13-18-17-10-6-5-7-15(17)11-12-20(18)30-24(19)29/h2-13,22H,1H3,(H2,26,27,31). The van der Waals surface area contributed by atoms with Crippen molar-refractivity contribution in [2.24, 2.45) is 0 Å². The van der Waals surface area contributed by atoms with E-state index < -0.39 is 17.5 Å². The molecule has 0 amide bonds. The zero-order valence-corrected chi connectivity index (χ0v) is 17.5. The predicted molar refractivity (Wildman–Crippen MR) is 125 cm³/mol. The number of ketones is 1. The average molecular weight is 426 g/mol. The van der Waals surface area contributed by atoms with Gasteiger partial charge in [-0.2, -0.15) is 0 Å².